The molecule has 2 aromatic rings. The van der Waals surface area contributed by atoms with E-state index >= 15 is 0 Å². The Morgan fingerprint density at radius 2 is 1.89 bits per heavy atom. The summed E-state index contributed by atoms with van der Waals surface area (Å²) < 4.78 is 6.99. The van der Waals surface area contributed by atoms with Crippen LogP contribution in [0.5, 0.6) is 5.75 Å². The lowest BCUT2D eigenvalue weighted by molar-refractivity contribution is 0.302. The quantitative estimate of drug-likeness (QED) is 0.864. The van der Waals surface area contributed by atoms with Gasteiger partial charge in [0.15, 0.2) is 0 Å². The Morgan fingerprint density at radius 1 is 1.11 bits per heavy atom. The maximum Gasteiger partial charge on any atom is 0.124 e. The normalized spacial score (nSPS) is 10.4. The second-order valence-corrected chi connectivity index (χ2v) is 5.22. The summed E-state index contributed by atoms with van der Waals surface area (Å²) in [5.74, 6) is 0.938. The lowest BCUT2D eigenvalue weighted by Gasteiger charge is -2.12. The molecule has 0 unspecified atom stereocenters. The van der Waals surface area contributed by atoms with Crippen molar-refractivity contribution >= 4 is 15.9 Å². The van der Waals surface area contributed by atoms with Gasteiger partial charge in [0.25, 0.3) is 0 Å². The van der Waals surface area contributed by atoms with Crippen molar-refractivity contribution in [2.45, 2.75) is 20.1 Å². The van der Waals surface area contributed by atoms with E-state index in [4.69, 9.17) is 4.74 Å². The molecule has 0 spiro atoms. The first kappa shape index (κ1) is 14.1. The van der Waals surface area contributed by atoms with Gasteiger partial charge >= 0.3 is 0 Å². The van der Waals surface area contributed by atoms with Gasteiger partial charge in [0.2, 0.25) is 0 Å². The van der Waals surface area contributed by atoms with Crippen molar-refractivity contribution in [3.63, 3.8) is 0 Å². The van der Waals surface area contributed by atoms with Crippen molar-refractivity contribution in [2.75, 3.05) is 6.54 Å². The third kappa shape index (κ3) is 4.37. The number of nitrogens with one attached hydrogen (secondary N) is 1. The standard InChI is InChI=1S/C16H18BrNO/c1-2-18-11-14-10-15(17)8-9-16(14)19-12-13-6-4-3-5-7-13/h3-10,18H,2,11-12H2,1H3. The molecule has 0 atom stereocenters. The third-order valence-corrected chi connectivity index (χ3v) is 3.32. The van der Waals surface area contributed by atoms with Crippen molar-refractivity contribution in [1.82, 2.24) is 5.32 Å². The minimum atomic E-state index is 0.599. The summed E-state index contributed by atoms with van der Waals surface area (Å²) in [6, 6.07) is 16.3. The molecular formula is C16H18BrNO. The molecule has 2 nitrogen and oxygen atoms in total. The van der Waals surface area contributed by atoms with Gasteiger partial charge in [0, 0.05) is 16.6 Å². The molecule has 19 heavy (non-hydrogen) atoms. The van der Waals surface area contributed by atoms with Gasteiger partial charge < -0.3 is 10.1 Å². The zero-order chi connectivity index (χ0) is 13.5. The molecule has 0 amide bonds. The molecule has 0 aliphatic carbocycles. The number of ether oxygens (including phenoxy) is 1. The topological polar surface area (TPSA) is 21.3 Å². The Labute approximate surface area is 122 Å². The average Bonchev–Trinajstić information content (AvgIpc) is 2.45. The highest BCUT2D eigenvalue weighted by Gasteiger charge is 2.04. The van der Waals surface area contributed by atoms with Crippen LogP contribution in [-0.2, 0) is 13.2 Å². The molecule has 0 heterocycles. The summed E-state index contributed by atoms with van der Waals surface area (Å²) in [5.41, 5.74) is 2.35. The van der Waals surface area contributed by atoms with E-state index in [1.54, 1.807) is 0 Å². The van der Waals surface area contributed by atoms with Crippen molar-refractivity contribution in [3.8, 4) is 5.75 Å². The predicted molar refractivity (Wildman–Crippen MR) is 82.3 cm³/mol. The van der Waals surface area contributed by atoms with Gasteiger partial charge in [-0.2, -0.15) is 0 Å². The molecule has 0 saturated heterocycles. The van der Waals surface area contributed by atoms with Crippen molar-refractivity contribution < 1.29 is 4.74 Å². The smallest absolute Gasteiger partial charge is 0.124 e. The third-order valence-electron chi connectivity index (χ3n) is 2.83. The zero-order valence-corrected chi connectivity index (χ0v) is 12.6. The highest BCUT2D eigenvalue weighted by molar-refractivity contribution is 9.10. The fourth-order valence-corrected chi connectivity index (χ4v) is 2.23. The Hall–Kier alpha value is -1.32. The van der Waals surface area contributed by atoms with Crippen molar-refractivity contribution in [2.24, 2.45) is 0 Å². The second-order valence-electron chi connectivity index (χ2n) is 4.31. The Morgan fingerprint density at radius 3 is 2.63 bits per heavy atom. The predicted octanol–water partition coefficient (Wildman–Crippen LogP) is 4.14. The molecular weight excluding hydrogens is 302 g/mol. The van der Waals surface area contributed by atoms with Crippen LogP contribution >= 0.6 is 15.9 Å². The van der Waals surface area contributed by atoms with Gasteiger partial charge in [-0.3, -0.25) is 0 Å². The summed E-state index contributed by atoms with van der Waals surface area (Å²) in [5, 5.41) is 3.33. The van der Waals surface area contributed by atoms with Crippen LogP contribution in [0.25, 0.3) is 0 Å². The van der Waals surface area contributed by atoms with Crippen LogP contribution in [0.4, 0.5) is 0 Å². The zero-order valence-electron chi connectivity index (χ0n) is 11.0. The van der Waals surface area contributed by atoms with Gasteiger partial charge in [0.05, 0.1) is 0 Å². The van der Waals surface area contributed by atoms with Gasteiger partial charge in [-0.15, -0.1) is 0 Å². The molecule has 0 aromatic heterocycles. The number of hydrogen-bond acceptors (Lipinski definition) is 2. The molecule has 0 saturated carbocycles. The molecule has 2 rings (SSSR count). The minimum absolute atomic E-state index is 0.599. The van der Waals surface area contributed by atoms with Crippen LogP contribution in [-0.4, -0.2) is 6.54 Å². The van der Waals surface area contributed by atoms with Crippen LogP contribution in [0.3, 0.4) is 0 Å². The van der Waals surface area contributed by atoms with Crippen LogP contribution in [0, 0.1) is 0 Å². The average molecular weight is 320 g/mol. The van der Waals surface area contributed by atoms with E-state index in [0.29, 0.717) is 6.61 Å². The van der Waals surface area contributed by atoms with Gasteiger partial charge in [-0.1, -0.05) is 53.2 Å². The molecule has 0 aliphatic heterocycles. The van der Waals surface area contributed by atoms with Crippen LogP contribution < -0.4 is 10.1 Å². The fraction of sp³-hybridized carbons (Fsp3) is 0.250. The van der Waals surface area contributed by atoms with E-state index in [9.17, 15) is 0 Å². The number of rotatable bonds is 6. The summed E-state index contributed by atoms with van der Waals surface area (Å²) in [6.45, 7) is 4.47. The molecule has 2 aromatic carbocycles. The maximum absolute atomic E-state index is 5.91. The van der Waals surface area contributed by atoms with E-state index in [2.05, 4.69) is 46.4 Å². The first-order chi connectivity index (χ1) is 9.29. The lowest BCUT2D eigenvalue weighted by Crippen LogP contribution is -2.13. The molecule has 0 radical (unpaired) electrons. The van der Waals surface area contributed by atoms with Crippen LogP contribution in [0.2, 0.25) is 0 Å². The second kappa shape index (κ2) is 7.31. The monoisotopic (exact) mass is 319 g/mol. The summed E-state index contributed by atoms with van der Waals surface area (Å²) in [7, 11) is 0. The van der Waals surface area contributed by atoms with Crippen LogP contribution in [0.15, 0.2) is 53.0 Å². The highest BCUT2D eigenvalue weighted by atomic mass is 79.9. The molecule has 100 valence electrons. The van der Waals surface area contributed by atoms with E-state index in [0.717, 1.165) is 23.3 Å². The van der Waals surface area contributed by atoms with E-state index in [1.165, 1.54) is 11.1 Å². The Bertz CT molecular complexity index is 513. The SMILES string of the molecule is CCNCc1cc(Br)ccc1OCc1ccccc1. The van der Waals surface area contributed by atoms with E-state index in [1.807, 2.05) is 30.3 Å². The van der Waals surface area contributed by atoms with Gasteiger partial charge in [0.1, 0.15) is 12.4 Å². The number of halogens is 1. The number of benzene rings is 2. The minimum Gasteiger partial charge on any atom is -0.489 e. The van der Waals surface area contributed by atoms with Crippen molar-refractivity contribution in [3.05, 3.63) is 64.1 Å². The molecule has 0 aliphatic rings. The van der Waals surface area contributed by atoms with Crippen molar-refractivity contribution in [1.29, 1.82) is 0 Å². The fourth-order valence-electron chi connectivity index (χ4n) is 1.82. The molecule has 0 fully saturated rings. The molecule has 1 N–H and O–H groups in total. The largest absolute Gasteiger partial charge is 0.489 e. The first-order valence-corrected chi connectivity index (χ1v) is 7.24. The summed E-state index contributed by atoms with van der Waals surface area (Å²) in [6.07, 6.45) is 0. The van der Waals surface area contributed by atoms with E-state index < -0.39 is 0 Å². The number of hydrogen-bond donors (Lipinski definition) is 1. The summed E-state index contributed by atoms with van der Waals surface area (Å²) in [4.78, 5) is 0. The van der Waals surface area contributed by atoms with Gasteiger partial charge in [-0.05, 0) is 30.3 Å². The highest BCUT2D eigenvalue weighted by Crippen LogP contribution is 2.24. The van der Waals surface area contributed by atoms with Crippen LogP contribution in [0.1, 0.15) is 18.1 Å². The molecule has 3 heteroatoms. The summed E-state index contributed by atoms with van der Waals surface area (Å²) >= 11 is 3.50. The van der Waals surface area contributed by atoms with Gasteiger partial charge in [-0.25, -0.2) is 0 Å². The Balaban J connectivity index is 2.06. The maximum atomic E-state index is 5.91. The Kier molecular flexibility index (Phi) is 5.43. The van der Waals surface area contributed by atoms with E-state index in [-0.39, 0.29) is 0 Å². The molecule has 0 bridgehead atoms. The first-order valence-electron chi connectivity index (χ1n) is 6.45. The lowest BCUT2D eigenvalue weighted by atomic mass is 10.2.